The fraction of sp³-hybridized carbons (Fsp3) is 0.368. The van der Waals surface area contributed by atoms with Gasteiger partial charge in [-0.3, -0.25) is 4.79 Å². The fourth-order valence-corrected chi connectivity index (χ4v) is 2.02. The Labute approximate surface area is 173 Å². The lowest BCUT2D eigenvalue weighted by molar-refractivity contribution is -0.153. The first-order valence-corrected chi connectivity index (χ1v) is 9.38. The number of benzene rings is 1. The number of rotatable bonds is 5. The van der Waals surface area contributed by atoms with E-state index >= 15 is 0 Å². The number of nitrogens with zero attached hydrogens (tertiary/aromatic N) is 1. The number of carbonyl (C=O) groups excluding carboxylic acids is 1. The van der Waals surface area contributed by atoms with Gasteiger partial charge in [0.1, 0.15) is 5.69 Å². The molecule has 0 spiro atoms. The van der Waals surface area contributed by atoms with Gasteiger partial charge >= 0.3 is 6.18 Å². The molecule has 0 unspecified atom stereocenters. The Morgan fingerprint density at radius 2 is 1.68 bits per heavy atom. The molecule has 2 rings (SSSR count). The molecule has 9 heteroatoms. The minimum atomic E-state index is -4.49. The third kappa shape index (κ3) is 9.80. The zero-order valence-corrected chi connectivity index (χ0v) is 17.5. The molecule has 0 atom stereocenters. The largest absolute Gasteiger partial charge is 0.481 e. The zero-order chi connectivity index (χ0) is 21.7. The second kappa shape index (κ2) is 13.2. The van der Waals surface area contributed by atoms with Crippen molar-refractivity contribution in [2.45, 2.75) is 40.4 Å². The van der Waals surface area contributed by atoms with Gasteiger partial charge in [0.25, 0.3) is 5.91 Å². The molecule has 0 bridgehead atoms. The third-order valence-corrected chi connectivity index (χ3v) is 3.36. The van der Waals surface area contributed by atoms with Crippen LogP contribution >= 0.6 is 23.2 Å². The first-order chi connectivity index (χ1) is 13.2. The molecule has 1 amide bonds. The zero-order valence-electron chi connectivity index (χ0n) is 16.0. The van der Waals surface area contributed by atoms with Gasteiger partial charge in [0.15, 0.2) is 12.4 Å². The molecule has 1 aromatic heterocycles. The quantitative estimate of drug-likeness (QED) is 0.594. The molecule has 28 heavy (non-hydrogen) atoms. The van der Waals surface area contributed by atoms with Crippen molar-refractivity contribution in [3.63, 3.8) is 0 Å². The Hall–Kier alpha value is -1.99. The van der Waals surface area contributed by atoms with E-state index in [9.17, 15) is 18.0 Å². The highest BCUT2D eigenvalue weighted by Crippen LogP contribution is 2.26. The number of hydrogen-bond acceptors (Lipinski definition) is 3. The number of ether oxygens (including phenoxy) is 1. The molecular weight excluding hydrogens is 416 g/mol. The van der Waals surface area contributed by atoms with Gasteiger partial charge in [-0.15, -0.1) is 0 Å². The van der Waals surface area contributed by atoms with Gasteiger partial charge in [-0.25, -0.2) is 4.98 Å². The molecule has 2 aromatic rings. The summed E-state index contributed by atoms with van der Waals surface area (Å²) in [7, 11) is 0. The van der Waals surface area contributed by atoms with Gasteiger partial charge in [-0.05, 0) is 23.8 Å². The smallest absolute Gasteiger partial charge is 0.422 e. The molecule has 4 nitrogen and oxygen atoms in total. The molecule has 0 fully saturated rings. The van der Waals surface area contributed by atoms with Gasteiger partial charge in [-0.2, -0.15) is 13.2 Å². The number of nitrogens with one attached hydrogen (secondary N) is 1. The van der Waals surface area contributed by atoms with Gasteiger partial charge in [-0.1, -0.05) is 63.0 Å². The summed E-state index contributed by atoms with van der Waals surface area (Å²) in [6.45, 7) is 6.75. The van der Waals surface area contributed by atoms with E-state index in [-0.39, 0.29) is 23.0 Å². The highest BCUT2D eigenvalue weighted by Gasteiger charge is 2.29. The predicted molar refractivity (Wildman–Crippen MR) is 106 cm³/mol. The summed E-state index contributed by atoms with van der Waals surface area (Å²) in [5.74, 6) is -0.766. The summed E-state index contributed by atoms with van der Waals surface area (Å²) in [5, 5.41) is 3.06. The van der Waals surface area contributed by atoms with Crippen LogP contribution in [0.2, 0.25) is 10.0 Å². The molecule has 1 aromatic carbocycles. The second-order valence-corrected chi connectivity index (χ2v) is 5.56. The van der Waals surface area contributed by atoms with Crippen molar-refractivity contribution in [2.24, 2.45) is 0 Å². The van der Waals surface area contributed by atoms with Crippen molar-refractivity contribution in [1.29, 1.82) is 0 Å². The van der Waals surface area contributed by atoms with Gasteiger partial charge in [0.2, 0.25) is 0 Å². The van der Waals surface area contributed by atoms with E-state index in [1.165, 1.54) is 0 Å². The summed E-state index contributed by atoms with van der Waals surface area (Å²) >= 11 is 11.6. The third-order valence-electron chi connectivity index (χ3n) is 2.81. The van der Waals surface area contributed by atoms with Crippen LogP contribution in [-0.2, 0) is 6.54 Å². The van der Waals surface area contributed by atoms with E-state index < -0.39 is 18.7 Å². The molecule has 0 aliphatic rings. The van der Waals surface area contributed by atoms with Crippen LogP contribution in [0, 0.1) is 0 Å². The van der Waals surface area contributed by atoms with Crippen molar-refractivity contribution in [3.8, 4) is 5.75 Å². The summed E-state index contributed by atoms with van der Waals surface area (Å²) in [4.78, 5) is 15.7. The van der Waals surface area contributed by atoms with Crippen molar-refractivity contribution in [2.75, 3.05) is 6.61 Å². The average molecular weight is 439 g/mol. The normalized spacial score (nSPS) is 10.0. The Morgan fingerprint density at radius 1 is 1.11 bits per heavy atom. The standard InChI is InChI=1S/C15H11Cl2F3N2O2.2C2H6/c16-10-3-1-9(2-4-10)6-22-14(23)12-5-11(17)13(7-21-12)24-8-15(18,19)20;2*1-2/h1-5,7H,6,8H2,(H,22,23);2*1-2H3. The minimum absolute atomic E-state index is 0.0340. The van der Waals surface area contributed by atoms with Crippen LogP contribution in [0.25, 0.3) is 0 Å². The molecule has 0 saturated heterocycles. The Kier molecular flexibility index (Phi) is 12.3. The Balaban J connectivity index is 0.00000171. The molecular formula is C19H23Cl2F3N2O2. The molecule has 1 N–H and O–H groups in total. The first-order valence-electron chi connectivity index (χ1n) is 8.62. The number of halogens is 5. The summed E-state index contributed by atoms with van der Waals surface area (Å²) in [5.41, 5.74) is 0.789. The number of carbonyl (C=O) groups is 1. The number of amides is 1. The van der Waals surface area contributed by atoms with Gasteiger partial charge in [0.05, 0.1) is 11.2 Å². The SMILES string of the molecule is CC.CC.O=C(NCc1ccc(Cl)cc1)c1cc(Cl)c(OCC(F)(F)F)cn1. The summed E-state index contributed by atoms with van der Waals surface area (Å²) < 4.78 is 40.8. The van der Waals surface area contributed by atoms with E-state index in [0.717, 1.165) is 17.8 Å². The lowest BCUT2D eigenvalue weighted by Crippen LogP contribution is -2.24. The van der Waals surface area contributed by atoms with Crippen LogP contribution in [0.5, 0.6) is 5.75 Å². The first kappa shape index (κ1) is 26.0. The average Bonchev–Trinajstić information content (AvgIpc) is 2.68. The van der Waals surface area contributed by atoms with Crippen molar-refractivity contribution < 1.29 is 22.7 Å². The maximum atomic E-state index is 12.1. The van der Waals surface area contributed by atoms with Crippen LogP contribution in [-0.4, -0.2) is 23.7 Å². The minimum Gasteiger partial charge on any atom is -0.481 e. The van der Waals surface area contributed by atoms with E-state index in [0.29, 0.717) is 5.02 Å². The number of aromatic nitrogens is 1. The molecule has 0 saturated carbocycles. The van der Waals surface area contributed by atoms with E-state index in [4.69, 9.17) is 23.2 Å². The van der Waals surface area contributed by atoms with Crippen LogP contribution in [0.1, 0.15) is 43.7 Å². The number of hydrogen-bond donors (Lipinski definition) is 1. The van der Waals surface area contributed by atoms with Crippen molar-refractivity contribution in [3.05, 3.63) is 57.8 Å². The van der Waals surface area contributed by atoms with Crippen molar-refractivity contribution >= 4 is 29.1 Å². The van der Waals surface area contributed by atoms with Crippen LogP contribution in [0.3, 0.4) is 0 Å². The second-order valence-electron chi connectivity index (χ2n) is 4.71. The topological polar surface area (TPSA) is 51.2 Å². The van der Waals surface area contributed by atoms with Crippen LogP contribution < -0.4 is 10.1 Å². The molecule has 0 aliphatic heterocycles. The number of alkyl halides is 3. The predicted octanol–water partition coefficient (Wildman–Crippen LogP) is 6.31. The molecule has 0 radical (unpaired) electrons. The lowest BCUT2D eigenvalue weighted by atomic mass is 10.2. The Morgan fingerprint density at radius 3 is 2.18 bits per heavy atom. The number of pyridine rings is 1. The molecule has 156 valence electrons. The summed E-state index contributed by atoms with van der Waals surface area (Å²) in [6, 6.07) is 8.01. The molecule has 1 heterocycles. The highest BCUT2D eigenvalue weighted by atomic mass is 35.5. The lowest BCUT2D eigenvalue weighted by Gasteiger charge is -2.11. The maximum absolute atomic E-state index is 12.1. The van der Waals surface area contributed by atoms with E-state index in [2.05, 4.69) is 15.0 Å². The van der Waals surface area contributed by atoms with Gasteiger partial charge in [0, 0.05) is 11.6 Å². The summed E-state index contributed by atoms with van der Waals surface area (Å²) in [6.07, 6.45) is -3.51. The van der Waals surface area contributed by atoms with Gasteiger partial charge < -0.3 is 10.1 Å². The van der Waals surface area contributed by atoms with Crippen molar-refractivity contribution in [1.82, 2.24) is 10.3 Å². The molecule has 0 aliphatic carbocycles. The maximum Gasteiger partial charge on any atom is 0.422 e. The Bertz CT molecular complexity index is 724. The fourth-order valence-electron chi connectivity index (χ4n) is 1.68. The van der Waals surface area contributed by atoms with Crippen LogP contribution in [0.4, 0.5) is 13.2 Å². The highest BCUT2D eigenvalue weighted by molar-refractivity contribution is 6.32. The van der Waals surface area contributed by atoms with E-state index in [1.807, 2.05) is 27.7 Å². The van der Waals surface area contributed by atoms with Crippen LogP contribution in [0.15, 0.2) is 36.5 Å². The monoisotopic (exact) mass is 438 g/mol. The van der Waals surface area contributed by atoms with E-state index in [1.54, 1.807) is 24.3 Å².